The van der Waals surface area contributed by atoms with Crippen molar-refractivity contribution < 1.29 is 80.2 Å². The van der Waals surface area contributed by atoms with Crippen LogP contribution in [-0.2, 0) is 65.4 Å². The molecule has 0 aliphatic heterocycles. The van der Waals surface area contributed by atoms with E-state index in [0.29, 0.717) is 25.7 Å². The van der Waals surface area contributed by atoms with E-state index in [1.807, 2.05) is 0 Å². The average Bonchev–Trinajstić information content (AvgIpc) is 0.910. The minimum atomic E-state index is -4.97. The summed E-state index contributed by atoms with van der Waals surface area (Å²) >= 11 is 0. The van der Waals surface area contributed by atoms with E-state index in [4.69, 9.17) is 37.0 Å². The summed E-state index contributed by atoms with van der Waals surface area (Å²) in [6.45, 7) is 7.29. The van der Waals surface area contributed by atoms with E-state index in [2.05, 4.69) is 58.9 Å². The van der Waals surface area contributed by atoms with Gasteiger partial charge in [0.2, 0.25) is 0 Å². The van der Waals surface area contributed by atoms with Crippen LogP contribution in [0.5, 0.6) is 0 Å². The zero-order chi connectivity index (χ0) is 74.8. The summed E-state index contributed by atoms with van der Waals surface area (Å²) in [6.07, 6.45) is 70.2. The summed E-state index contributed by atoms with van der Waals surface area (Å²) in [5.74, 6) is -1.33. The molecule has 0 bridgehead atoms. The Morgan fingerprint density at radius 2 is 0.549 bits per heavy atom. The Bertz CT molecular complexity index is 2040. The zero-order valence-electron chi connectivity index (χ0n) is 66.2. The second-order valence-electron chi connectivity index (χ2n) is 29.4. The molecule has 0 heterocycles. The highest BCUT2D eigenvalue weighted by Gasteiger charge is 2.30. The predicted octanol–water partition coefficient (Wildman–Crippen LogP) is 24.8. The van der Waals surface area contributed by atoms with Gasteiger partial charge < -0.3 is 33.8 Å². The number of phosphoric acid groups is 2. The molecule has 6 atom stereocenters. The Hall–Kier alpha value is -2.46. The number of ether oxygens (including phenoxy) is 4. The van der Waals surface area contributed by atoms with Gasteiger partial charge in [0.15, 0.2) is 12.2 Å². The first kappa shape index (κ1) is 99.5. The minimum Gasteiger partial charge on any atom is -0.462 e. The van der Waals surface area contributed by atoms with Crippen LogP contribution in [0.25, 0.3) is 0 Å². The molecule has 3 unspecified atom stereocenters. The molecule has 19 heteroatoms. The quantitative estimate of drug-likeness (QED) is 0.0169. The van der Waals surface area contributed by atoms with Gasteiger partial charge in [-0.15, -0.1) is 0 Å². The second-order valence-corrected chi connectivity index (χ2v) is 32.3. The van der Waals surface area contributed by atoms with E-state index in [9.17, 15) is 43.2 Å². The van der Waals surface area contributed by atoms with Gasteiger partial charge in [-0.2, -0.15) is 0 Å². The number of phosphoric ester groups is 2. The van der Waals surface area contributed by atoms with E-state index in [-0.39, 0.29) is 25.7 Å². The van der Waals surface area contributed by atoms with Crippen LogP contribution < -0.4 is 0 Å². The van der Waals surface area contributed by atoms with Gasteiger partial charge in [0.05, 0.1) is 26.4 Å². The van der Waals surface area contributed by atoms with Gasteiger partial charge in [0.25, 0.3) is 0 Å². The normalized spacial score (nSPS) is 14.2. The Balaban J connectivity index is 5.25. The SMILES string of the molecule is CCCCCC/C=C\C=C/CCCCCCCC(=O)OC[C@H](COP(=O)(O)OC[C@@H](O)COP(=O)(O)OC[C@@H](COC(=O)CCCCCCCCCCCCC)OC(=O)CCCCCCCCCCCCC(C)CC)OC(=O)CCCCCCCCCCCCCCCCCCCCCCCC. The Morgan fingerprint density at radius 3 is 0.833 bits per heavy atom. The predicted molar refractivity (Wildman–Crippen MR) is 418 cm³/mol. The summed E-state index contributed by atoms with van der Waals surface area (Å²) in [6, 6.07) is 0. The van der Waals surface area contributed by atoms with Crippen molar-refractivity contribution in [3.05, 3.63) is 24.3 Å². The fourth-order valence-corrected chi connectivity index (χ4v) is 13.9. The van der Waals surface area contributed by atoms with Crippen LogP contribution in [-0.4, -0.2) is 96.7 Å². The first-order chi connectivity index (χ1) is 49.6. The molecule has 17 nitrogen and oxygen atoms in total. The van der Waals surface area contributed by atoms with Crippen LogP contribution in [0, 0.1) is 5.92 Å². The number of allylic oxidation sites excluding steroid dienone is 4. The summed E-state index contributed by atoms with van der Waals surface area (Å²) in [5.41, 5.74) is 0. The number of esters is 4. The van der Waals surface area contributed by atoms with Gasteiger partial charge in [-0.25, -0.2) is 9.13 Å². The van der Waals surface area contributed by atoms with Gasteiger partial charge in [0, 0.05) is 25.7 Å². The molecule has 0 saturated heterocycles. The zero-order valence-corrected chi connectivity index (χ0v) is 68.0. The largest absolute Gasteiger partial charge is 0.472 e. The maximum Gasteiger partial charge on any atom is 0.472 e. The molecule has 0 aromatic carbocycles. The molecule has 0 fully saturated rings. The number of carbonyl (C=O) groups is 4. The van der Waals surface area contributed by atoms with Gasteiger partial charge in [-0.05, 0) is 57.3 Å². The lowest BCUT2D eigenvalue weighted by molar-refractivity contribution is -0.161. The van der Waals surface area contributed by atoms with Crippen LogP contribution in [0.3, 0.4) is 0 Å². The number of carbonyl (C=O) groups excluding carboxylic acids is 4. The fourth-order valence-electron chi connectivity index (χ4n) is 12.4. The number of hydrogen-bond donors (Lipinski definition) is 3. The average molecular weight is 1490 g/mol. The third-order valence-corrected chi connectivity index (χ3v) is 21.2. The standard InChI is InChI=1S/C83H158O17P2/c1-6-10-13-16-19-22-25-27-29-30-31-32-33-34-35-37-39-42-48-53-58-63-68-82(87)99-78(73-94-81(86)67-62-57-52-47-41-38-36-28-26-23-20-17-14-11-7-2)74-97-101(89,90)95-70-77(84)71-96-102(91,92)98-75-79(72-93-80(85)66-61-56-51-46-40-24-21-18-15-12-8-3)100-83(88)69-64-59-54-49-44-43-45-50-55-60-65-76(5)9-4/h23,26,28,36,76-79,84H,6-22,24-25,27,29-35,37-75H2,1-5H3,(H,89,90)(H,91,92)/b26-23-,36-28-/t76?,77-,78-,79-/m1/s1. The van der Waals surface area contributed by atoms with Gasteiger partial charge in [0.1, 0.15) is 19.3 Å². The molecule has 0 aromatic heterocycles. The second kappa shape index (κ2) is 75.4. The number of unbranched alkanes of at least 4 members (excludes halogenated alkanes) is 49. The molecule has 0 aliphatic carbocycles. The Kier molecular flexibility index (Phi) is 73.5. The van der Waals surface area contributed by atoms with Crippen LogP contribution >= 0.6 is 15.6 Å². The molecule has 3 N–H and O–H groups in total. The van der Waals surface area contributed by atoms with E-state index >= 15 is 0 Å². The van der Waals surface area contributed by atoms with Crippen LogP contribution in [0.2, 0.25) is 0 Å². The monoisotopic (exact) mass is 1490 g/mol. The Labute approximate surface area is 624 Å². The lowest BCUT2D eigenvalue weighted by atomic mass is 9.99. The molecule has 602 valence electrons. The summed E-state index contributed by atoms with van der Waals surface area (Å²) in [5, 5.41) is 10.6. The molecule has 0 aromatic rings. The van der Waals surface area contributed by atoms with Gasteiger partial charge in [-0.1, -0.05) is 367 Å². The van der Waals surface area contributed by atoms with Crippen molar-refractivity contribution in [1.82, 2.24) is 0 Å². The number of rotatable bonds is 81. The third kappa shape index (κ3) is 74.4. The van der Waals surface area contributed by atoms with Crippen molar-refractivity contribution in [1.29, 1.82) is 0 Å². The van der Waals surface area contributed by atoms with E-state index in [0.717, 1.165) is 115 Å². The van der Waals surface area contributed by atoms with Crippen molar-refractivity contribution in [3.63, 3.8) is 0 Å². The molecule has 0 saturated carbocycles. The van der Waals surface area contributed by atoms with Gasteiger partial charge >= 0.3 is 39.5 Å². The smallest absolute Gasteiger partial charge is 0.462 e. The van der Waals surface area contributed by atoms with Crippen molar-refractivity contribution in [2.24, 2.45) is 5.92 Å². The lowest BCUT2D eigenvalue weighted by Crippen LogP contribution is -2.30. The highest BCUT2D eigenvalue weighted by atomic mass is 31.2. The summed E-state index contributed by atoms with van der Waals surface area (Å²) in [4.78, 5) is 73.1. The fraction of sp³-hybridized carbons (Fsp3) is 0.904. The number of aliphatic hydroxyl groups excluding tert-OH is 1. The molecule has 0 radical (unpaired) electrons. The van der Waals surface area contributed by atoms with Crippen LogP contribution in [0.15, 0.2) is 24.3 Å². The maximum absolute atomic E-state index is 13.1. The molecular formula is C83H158O17P2. The first-order valence-electron chi connectivity index (χ1n) is 42.5. The highest BCUT2D eigenvalue weighted by Crippen LogP contribution is 2.45. The first-order valence-corrected chi connectivity index (χ1v) is 45.5. The topological polar surface area (TPSA) is 237 Å². The molecule has 0 amide bonds. The molecule has 0 aliphatic rings. The highest BCUT2D eigenvalue weighted by molar-refractivity contribution is 7.47. The molecule has 0 spiro atoms. The summed E-state index contributed by atoms with van der Waals surface area (Å²) in [7, 11) is -9.93. The van der Waals surface area contributed by atoms with Crippen LogP contribution in [0.4, 0.5) is 0 Å². The van der Waals surface area contributed by atoms with E-state index in [1.54, 1.807) is 0 Å². The van der Waals surface area contributed by atoms with Crippen molar-refractivity contribution in [2.75, 3.05) is 39.6 Å². The number of aliphatic hydroxyl groups is 1. The lowest BCUT2D eigenvalue weighted by Gasteiger charge is -2.21. The van der Waals surface area contributed by atoms with Crippen molar-refractivity contribution in [3.8, 4) is 0 Å². The third-order valence-electron chi connectivity index (χ3n) is 19.3. The van der Waals surface area contributed by atoms with E-state index < -0.39 is 97.5 Å². The van der Waals surface area contributed by atoms with Crippen molar-refractivity contribution in [2.45, 2.75) is 438 Å². The van der Waals surface area contributed by atoms with Crippen LogP contribution in [0.1, 0.15) is 420 Å². The molecule has 102 heavy (non-hydrogen) atoms. The summed E-state index contributed by atoms with van der Waals surface area (Å²) < 4.78 is 68.7. The molecule has 0 rings (SSSR count). The number of hydrogen-bond acceptors (Lipinski definition) is 15. The van der Waals surface area contributed by atoms with Gasteiger partial charge in [-0.3, -0.25) is 37.3 Å². The van der Waals surface area contributed by atoms with E-state index in [1.165, 1.54) is 225 Å². The molecular weight excluding hydrogens is 1330 g/mol. The Morgan fingerprint density at radius 1 is 0.314 bits per heavy atom. The minimum absolute atomic E-state index is 0.102. The van der Waals surface area contributed by atoms with Crippen molar-refractivity contribution >= 4 is 39.5 Å². The maximum atomic E-state index is 13.1.